The number of methoxy groups -OCH3 is 2. The van der Waals surface area contributed by atoms with Crippen LogP contribution in [0.2, 0.25) is 0 Å². The molecule has 1 aliphatic heterocycles. The number of hydrogen-bond donors (Lipinski definition) is 2. The van der Waals surface area contributed by atoms with Crippen LogP contribution < -0.4 is 20.1 Å². The van der Waals surface area contributed by atoms with Gasteiger partial charge in [-0.15, -0.1) is 6.58 Å². The minimum absolute atomic E-state index is 0.0289. The first-order valence-electron chi connectivity index (χ1n) is 10.8. The van der Waals surface area contributed by atoms with Crippen LogP contribution in [0.15, 0.2) is 55.1 Å². The molecule has 0 saturated carbocycles. The average Bonchev–Trinajstić information content (AvgIpc) is 2.80. The largest absolute Gasteiger partial charge is 0.493 e. The topological polar surface area (TPSA) is 79.9 Å². The van der Waals surface area contributed by atoms with Gasteiger partial charge in [0.25, 0.3) is 5.91 Å². The van der Waals surface area contributed by atoms with E-state index >= 15 is 0 Å². The molecule has 170 valence electrons. The lowest BCUT2D eigenvalue weighted by atomic mass is 10.0. The highest BCUT2D eigenvalue weighted by molar-refractivity contribution is 5.95. The van der Waals surface area contributed by atoms with Crippen molar-refractivity contribution in [2.75, 3.05) is 39.2 Å². The van der Waals surface area contributed by atoms with E-state index in [0.717, 1.165) is 37.2 Å². The minimum atomic E-state index is -0.142. The molecule has 2 aromatic carbocycles. The molecule has 0 aliphatic carbocycles. The number of rotatable bonds is 9. The molecule has 2 N–H and O–H groups in total. The fourth-order valence-electron chi connectivity index (χ4n) is 3.91. The second kappa shape index (κ2) is 11.3. The molecule has 1 fully saturated rings. The van der Waals surface area contributed by atoms with Crippen molar-refractivity contribution in [2.45, 2.75) is 25.3 Å². The minimum Gasteiger partial charge on any atom is -0.493 e. The van der Waals surface area contributed by atoms with Crippen molar-refractivity contribution >= 4 is 17.5 Å². The predicted molar refractivity (Wildman–Crippen MR) is 125 cm³/mol. The summed E-state index contributed by atoms with van der Waals surface area (Å²) in [5, 5.41) is 6.03. The molecule has 1 saturated heterocycles. The Labute approximate surface area is 189 Å². The first-order chi connectivity index (χ1) is 15.5. The Morgan fingerprint density at radius 2 is 1.84 bits per heavy atom. The number of para-hydroxylation sites is 1. The Morgan fingerprint density at radius 1 is 1.12 bits per heavy atom. The Hall–Kier alpha value is -3.32. The zero-order valence-electron chi connectivity index (χ0n) is 18.7. The monoisotopic (exact) mass is 437 g/mol. The van der Waals surface area contributed by atoms with Crippen LogP contribution in [-0.4, -0.2) is 56.6 Å². The fraction of sp³-hybridized carbons (Fsp3) is 0.360. The smallest absolute Gasteiger partial charge is 0.251 e. The van der Waals surface area contributed by atoms with Gasteiger partial charge in [-0.05, 0) is 43.5 Å². The normalized spacial score (nSPS) is 14.4. The third-order valence-corrected chi connectivity index (χ3v) is 5.53. The number of amides is 2. The lowest BCUT2D eigenvalue weighted by molar-refractivity contribution is -0.117. The summed E-state index contributed by atoms with van der Waals surface area (Å²) < 4.78 is 10.9. The van der Waals surface area contributed by atoms with E-state index in [1.165, 1.54) is 0 Å². The first-order valence-corrected chi connectivity index (χ1v) is 10.8. The van der Waals surface area contributed by atoms with Gasteiger partial charge >= 0.3 is 0 Å². The predicted octanol–water partition coefficient (Wildman–Crippen LogP) is 3.27. The highest BCUT2D eigenvalue weighted by atomic mass is 16.5. The Morgan fingerprint density at radius 3 is 2.47 bits per heavy atom. The highest BCUT2D eigenvalue weighted by Gasteiger charge is 2.23. The molecule has 0 radical (unpaired) electrons. The molecular formula is C25H31N3O4. The van der Waals surface area contributed by atoms with E-state index < -0.39 is 0 Å². The van der Waals surface area contributed by atoms with Gasteiger partial charge in [-0.1, -0.05) is 24.3 Å². The van der Waals surface area contributed by atoms with Crippen molar-refractivity contribution in [3.05, 3.63) is 66.2 Å². The number of anilines is 1. The zero-order valence-corrected chi connectivity index (χ0v) is 18.7. The molecule has 0 unspecified atom stereocenters. The standard InChI is InChI=1S/C25H31N3O4/c1-4-8-18-15-19(16-22(31-2)24(18)32-3)25(30)27-21-11-13-28(14-12-21)17-23(29)26-20-9-6-5-7-10-20/h4-7,9-10,15-16,21H,1,8,11-14,17H2,2-3H3,(H,26,29)(H,27,30). The van der Waals surface area contributed by atoms with E-state index in [2.05, 4.69) is 22.1 Å². The number of piperidine rings is 1. The van der Waals surface area contributed by atoms with Gasteiger partial charge in [-0.3, -0.25) is 14.5 Å². The van der Waals surface area contributed by atoms with Gasteiger partial charge in [-0.2, -0.15) is 0 Å². The molecule has 0 atom stereocenters. The lowest BCUT2D eigenvalue weighted by Crippen LogP contribution is -2.46. The average molecular weight is 438 g/mol. The summed E-state index contributed by atoms with van der Waals surface area (Å²) in [5.41, 5.74) is 2.18. The number of carbonyl (C=O) groups is 2. The Kier molecular flexibility index (Phi) is 8.27. The lowest BCUT2D eigenvalue weighted by Gasteiger charge is -2.32. The number of hydrogen-bond acceptors (Lipinski definition) is 5. The van der Waals surface area contributed by atoms with Crippen LogP contribution in [0, 0.1) is 0 Å². The quantitative estimate of drug-likeness (QED) is 0.589. The maximum absolute atomic E-state index is 12.9. The zero-order chi connectivity index (χ0) is 22.9. The van der Waals surface area contributed by atoms with E-state index in [1.807, 2.05) is 36.4 Å². The summed E-state index contributed by atoms with van der Waals surface area (Å²) in [6.45, 7) is 5.62. The van der Waals surface area contributed by atoms with Gasteiger partial charge in [-0.25, -0.2) is 0 Å². The molecule has 7 heteroatoms. The maximum atomic E-state index is 12.9. The number of nitrogens with zero attached hydrogens (tertiary/aromatic N) is 1. The summed E-state index contributed by atoms with van der Waals surface area (Å²) in [5.74, 6) is 0.970. The molecule has 2 amide bonds. The molecule has 7 nitrogen and oxygen atoms in total. The van der Waals surface area contributed by atoms with E-state index in [1.54, 1.807) is 26.4 Å². The van der Waals surface area contributed by atoms with E-state index in [4.69, 9.17) is 9.47 Å². The van der Waals surface area contributed by atoms with Crippen LogP contribution >= 0.6 is 0 Å². The van der Waals surface area contributed by atoms with Crippen molar-refractivity contribution in [2.24, 2.45) is 0 Å². The van der Waals surface area contributed by atoms with Gasteiger partial charge in [0.05, 0.1) is 20.8 Å². The summed E-state index contributed by atoms with van der Waals surface area (Å²) in [4.78, 5) is 27.3. The van der Waals surface area contributed by atoms with Gasteiger partial charge in [0, 0.05) is 35.9 Å². The van der Waals surface area contributed by atoms with E-state index in [-0.39, 0.29) is 17.9 Å². The number of likely N-dealkylation sites (tertiary alicyclic amines) is 1. The fourth-order valence-corrected chi connectivity index (χ4v) is 3.91. The molecule has 32 heavy (non-hydrogen) atoms. The molecule has 1 aliphatic rings. The number of nitrogens with one attached hydrogen (secondary N) is 2. The van der Waals surface area contributed by atoms with Gasteiger partial charge < -0.3 is 20.1 Å². The molecule has 2 aromatic rings. The second-order valence-corrected chi connectivity index (χ2v) is 7.80. The molecule has 3 rings (SSSR count). The number of allylic oxidation sites excluding steroid dienone is 1. The second-order valence-electron chi connectivity index (χ2n) is 7.80. The number of carbonyl (C=O) groups excluding carboxylic acids is 2. The van der Waals surface area contributed by atoms with Crippen molar-refractivity contribution in [3.8, 4) is 11.5 Å². The van der Waals surface area contributed by atoms with E-state index in [0.29, 0.717) is 30.0 Å². The summed E-state index contributed by atoms with van der Waals surface area (Å²) >= 11 is 0. The van der Waals surface area contributed by atoms with Gasteiger partial charge in [0.15, 0.2) is 11.5 Å². The van der Waals surface area contributed by atoms with Crippen LogP contribution in [0.25, 0.3) is 0 Å². The SMILES string of the molecule is C=CCc1cc(C(=O)NC2CCN(CC(=O)Nc3ccccc3)CC2)cc(OC)c1OC. The molecule has 0 aromatic heterocycles. The van der Waals surface area contributed by atoms with Crippen LogP contribution in [0.4, 0.5) is 5.69 Å². The van der Waals surface area contributed by atoms with Gasteiger partial charge in [0.1, 0.15) is 0 Å². The van der Waals surface area contributed by atoms with Gasteiger partial charge in [0.2, 0.25) is 5.91 Å². The van der Waals surface area contributed by atoms with Crippen molar-refractivity contribution in [1.82, 2.24) is 10.2 Å². The van der Waals surface area contributed by atoms with Crippen molar-refractivity contribution in [3.63, 3.8) is 0 Å². The van der Waals surface area contributed by atoms with Crippen LogP contribution in [0.5, 0.6) is 11.5 Å². The number of benzene rings is 2. The third-order valence-electron chi connectivity index (χ3n) is 5.53. The summed E-state index contributed by atoms with van der Waals surface area (Å²) in [6.07, 6.45) is 3.92. The highest BCUT2D eigenvalue weighted by Crippen LogP contribution is 2.33. The van der Waals surface area contributed by atoms with E-state index in [9.17, 15) is 9.59 Å². The third kappa shape index (κ3) is 6.11. The Bertz CT molecular complexity index is 938. The van der Waals surface area contributed by atoms with Crippen LogP contribution in [0.1, 0.15) is 28.8 Å². The summed E-state index contributed by atoms with van der Waals surface area (Å²) in [6, 6.07) is 13.0. The summed E-state index contributed by atoms with van der Waals surface area (Å²) in [7, 11) is 3.14. The van der Waals surface area contributed by atoms with Crippen LogP contribution in [0.3, 0.4) is 0 Å². The van der Waals surface area contributed by atoms with Crippen molar-refractivity contribution < 1.29 is 19.1 Å². The molecule has 1 heterocycles. The first kappa shape index (κ1) is 23.3. The molecular weight excluding hydrogens is 406 g/mol. The maximum Gasteiger partial charge on any atom is 0.251 e. The van der Waals surface area contributed by atoms with Crippen LogP contribution in [-0.2, 0) is 11.2 Å². The van der Waals surface area contributed by atoms with Crippen molar-refractivity contribution in [1.29, 1.82) is 0 Å². The molecule has 0 bridgehead atoms. The molecule has 0 spiro atoms. The number of ether oxygens (including phenoxy) is 2. The Balaban J connectivity index is 1.53.